The molecule has 0 N–H and O–H groups in total. The Balaban J connectivity index is 1.74. The van der Waals surface area contributed by atoms with Gasteiger partial charge in [-0.1, -0.05) is 48.0 Å². The van der Waals surface area contributed by atoms with E-state index in [4.69, 9.17) is 16.6 Å². The molecule has 0 bridgehead atoms. The van der Waals surface area contributed by atoms with Gasteiger partial charge in [-0.15, -0.1) is 0 Å². The Morgan fingerprint density at radius 1 is 0.947 bits per heavy atom. The Morgan fingerprint density at radius 3 is 2.58 bits per heavy atom. The van der Waals surface area contributed by atoms with Crippen LogP contribution in [0.25, 0.3) is 0 Å². The molecule has 0 fully saturated rings. The lowest BCUT2D eigenvalue weighted by atomic mass is 9.94. The average molecular weight is 270 g/mol. The minimum Gasteiger partial charge on any atom is -0.289 e. The normalized spacial score (nSPS) is 13.8. The minimum atomic E-state index is 0.795. The van der Waals surface area contributed by atoms with Crippen molar-refractivity contribution in [2.75, 3.05) is 6.54 Å². The number of aliphatic imine (C=N–C) groups is 1. The third-order valence-corrected chi connectivity index (χ3v) is 3.83. The quantitative estimate of drug-likeness (QED) is 0.787. The van der Waals surface area contributed by atoms with Gasteiger partial charge in [0.1, 0.15) is 0 Å². The lowest BCUT2D eigenvalue weighted by molar-refractivity contribution is 0.915. The highest BCUT2D eigenvalue weighted by Crippen LogP contribution is 2.19. The predicted octanol–water partition coefficient (Wildman–Crippen LogP) is 4.32. The first-order valence-corrected chi connectivity index (χ1v) is 7.07. The average Bonchev–Trinajstić information content (AvgIpc) is 2.47. The lowest BCUT2D eigenvalue weighted by Gasteiger charge is -2.16. The van der Waals surface area contributed by atoms with Crippen molar-refractivity contribution in [1.29, 1.82) is 0 Å². The van der Waals surface area contributed by atoms with E-state index in [0.29, 0.717) is 0 Å². The maximum Gasteiger partial charge on any atom is 0.0433 e. The van der Waals surface area contributed by atoms with Gasteiger partial charge in [0, 0.05) is 17.3 Å². The second kappa shape index (κ2) is 5.58. The van der Waals surface area contributed by atoms with E-state index < -0.39 is 0 Å². The highest BCUT2D eigenvalue weighted by molar-refractivity contribution is 6.30. The van der Waals surface area contributed by atoms with E-state index in [9.17, 15) is 0 Å². The van der Waals surface area contributed by atoms with Gasteiger partial charge in [0.25, 0.3) is 0 Å². The Kier molecular flexibility index (Phi) is 3.65. The second-order valence-electron chi connectivity index (χ2n) is 4.86. The lowest BCUT2D eigenvalue weighted by Crippen LogP contribution is -2.13. The zero-order valence-corrected chi connectivity index (χ0v) is 11.5. The molecule has 0 aliphatic carbocycles. The van der Waals surface area contributed by atoms with Crippen LogP contribution in [0.4, 0.5) is 0 Å². The number of rotatable bonds is 3. The molecule has 96 valence electrons. The van der Waals surface area contributed by atoms with Crippen LogP contribution >= 0.6 is 11.6 Å². The molecule has 0 radical (unpaired) electrons. The fraction of sp³-hybridized carbons (Fsp3) is 0.235. The van der Waals surface area contributed by atoms with Crippen molar-refractivity contribution in [3.8, 4) is 0 Å². The van der Waals surface area contributed by atoms with Gasteiger partial charge in [-0.25, -0.2) is 0 Å². The van der Waals surface area contributed by atoms with Crippen LogP contribution in [0.5, 0.6) is 0 Å². The van der Waals surface area contributed by atoms with Crippen LogP contribution in [0.3, 0.4) is 0 Å². The first kappa shape index (κ1) is 12.4. The molecule has 0 atom stereocenters. The monoisotopic (exact) mass is 269 g/mol. The first-order chi connectivity index (χ1) is 9.33. The molecular formula is C17H16ClN. The van der Waals surface area contributed by atoms with E-state index in [-0.39, 0.29) is 0 Å². The Hall–Kier alpha value is -1.60. The molecule has 1 aliphatic heterocycles. The number of benzene rings is 2. The van der Waals surface area contributed by atoms with Gasteiger partial charge in [-0.2, -0.15) is 0 Å². The molecule has 0 spiro atoms. The van der Waals surface area contributed by atoms with Gasteiger partial charge in [0.2, 0.25) is 0 Å². The third kappa shape index (κ3) is 2.87. The van der Waals surface area contributed by atoms with Crippen molar-refractivity contribution in [3.63, 3.8) is 0 Å². The number of halogens is 1. The molecule has 0 amide bonds. The van der Waals surface area contributed by atoms with E-state index in [1.54, 1.807) is 0 Å². The van der Waals surface area contributed by atoms with Crippen molar-refractivity contribution in [2.24, 2.45) is 4.99 Å². The summed E-state index contributed by atoms with van der Waals surface area (Å²) in [5.74, 6) is 0. The largest absolute Gasteiger partial charge is 0.289 e. The van der Waals surface area contributed by atoms with Crippen LogP contribution in [0, 0.1) is 0 Å². The molecule has 1 heterocycles. The molecule has 2 aromatic carbocycles. The van der Waals surface area contributed by atoms with Crippen molar-refractivity contribution in [1.82, 2.24) is 0 Å². The van der Waals surface area contributed by atoms with E-state index in [0.717, 1.165) is 30.8 Å². The molecule has 2 heteroatoms. The van der Waals surface area contributed by atoms with E-state index >= 15 is 0 Å². The Labute approximate surface area is 119 Å². The first-order valence-electron chi connectivity index (χ1n) is 6.69. The van der Waals surface area contributed by atoms with Gasteiger partial charge in [0.15, 0.2) is 0 Å². The Bertz CT molecular complexity index is 599. The second-order valence-corrected chi connectivity index (χ2v) is 5.30. The van der Waals surface area contributed by atoms with E-state index in [2.05, 4.69) is 36.4 Å². The summed E-state index contributed by atoms with van der Waals surface area (Å²) in [5.41, 5.74) is 5.33. The van der Waals surface area contributed by atoms with Crippen LogP contribution in [-0.2, 0) is 12.8 Å². The smallest absolute Gasteiger partial charge is 0.0433 e. The highest BCUT2D eigenvalue weighted by Gasteiger charge is 2.12. The molecule has 2 aromatic rings. The van der Waals surface area contributed by atoms with E-state index in [1.165, 1.54) is 22.4 Å². The molecule has 0 saturated carbocycles. The summed E-state index contributed by atoms with van der Waals surface area (Å²) in [6, 6.07) is 16.7. The fourth-order valence-corrected chi connectivity index (χ4v) is 2.67. The van der Waals surface area contributed by atoms with Crippen molar-refractivity contribution in [3.05, 3.63) is 70.2 Å². The van der Waals surface area contributed by atoms with Crippen LogP contribution in [0.15, 0.2) is 53.5 Å². The summed E-state index contributed by atoms with van der Waals surface area (Å²) in [6.07, 6.45) is 3.09. The SMILES string of the molecule is Clc1ccc(CCC2=NCCc3ccccc32)cc1. The molecular weight excluding hydrogens is 254 g/mol. The standard InChI is InChI=1S/C17H16ClN/c18-15-8-5-13(6-9-15)7-10-17-16-4-2-1-3-14(16)11-12-19-17/h1-6,8-9H,7,10-12H2. The fourth-order valence-electron chi connectivity index (χ4n) is 2.54. The molecule has 1 nitrogen and oxygen atoms in total. The molecule has 19 heavy (non-hydrogen) atoms. The molecule has 3 rings (SSSR count). The number of hydrogen-bond donors (Lipinski definition) is 0. The minimum absolute atomic E-state index is 0.795. The summed E-state index contributed by atoms with van der Waals surface area (Å²) in [5, 5.41) is 0.795. The maximum absolute atomic E-state index is 5.90. The van der Waals surface area contributed by atoms with E-state index in [1.807, 2.05) is 12.1 Å². The van der Waals surface area contributed by atoms with Gasteiger partial charge in [-0.05, 0) is 48.1 Å². The third-order valence-electron chi connectivity index (χ3n) is 3.58. The maximum atomic E-state index is 5.90. The number of fused-ring (bicyclic) bond motifs is 1. The van der Waals surface area contributed by atoms with Crippen molar-refractivity contribution in [2.45, 2.75) is 19.3 Å². The van der Waals surface area contributed by atoms with Crippen molar-refractivity contribution < 1.29 is 0 Å². The highest BCUT2D eigenvalue weighted by atomic mass is 35.5. The Morgan fingerprint density at radius 2 is 1.74 bits per heavy atom. The zero-order valence-electron chi connectivity index (χ0n) is 10.8. The summed E-state index contributed by atoms with van der Waals surface area (Å²) < 4.78 is 0. The molecule has 1 aliphatic rings. The van der Waals surface area contributed by atoms with Gasteiger partial charge >= 0.3 is 0 Å². The number of nitrogens with zero attached hydrogens (tertiary/aromatic N) is 1. The zero-order chi connectivity index (χ0) is 13.1. The van der Waals surface area contributed by atoms with Gasteiger partial charge < -0.3 is 0 Å². The summed E-state index contributed by atoms with van der Waals surface area (Å²) in [4.78, 5) is 4.69. The van der Waals surface area contributed by atoms with Crippen LogP contribution < -0.4 is 0 Å². The molecule has 0 aromatic heterocycles. The summed E-state index contributed by atoms with van der Waals surface area (Å²) >= 11 is 5.90. The van der Waals surface area contributed by atoms with Crippen LogP contribution in [-0.4, -0.2) is 12.3 Å². The van der Waals surface area contributed by atoms with Gasteiger partial charge in [-0.3, -0.25) is 4.99 Å². The number of hydrogen-bond acceptors (Lipinski definition) is 1. The molecule has 0 unspecified atom stereocenters. The molecule has 0 saturated heterocycles. The predicted molar refractivity (Wildman–Crippen MR) is 81.3 cm³/mol. The number of aryl methyl sites for hydroxylation is 1. The van der Waals surface area contributed by atoms with Crippen molar-refractivity contribution >= 4 is 17.3 Å². The topological polar surface area (TPSA) is 12.4 Å². The van der Waals surface area contributed by atoms with Crippen LogP contribution in [0.1, 0.15) is 23.1 Å². The summed E-state index contributed by atoms with van der Waals surface area (Å²) in [6.45, 7) is 0.924. The van der Waals surface area contributed by atoms with Crippen LogP contribution in [0.2, 0.25) is 5.02 Å². The van der Waals surface area contributed by atoms with Gasteiger partial charge in [0.05, 0.1) is 0 Å². The summed E-state index contributed by atoms with van der Waals surface area (Å²) in [7, 11) is 0.